The van der Waals surface area contributed by atoms with E-state index in [-0.39, 0.29) is 6.02 Å². The number of nitrogens with zero attached hydrogens (tertiary/aromatic N) is 1. The Kier molecular flexibility index (Phi) is 1.40. The number of fused-ring (bicyclic) bond motifs is 1. The average molecular weight is 163 g/mol. The van der Waals surface area contributed by atoms with E-state index in [9.17, 15) is 0 Å². The average Bonchev–Trinajstić information content (AvgIpc) is 2.03. The molecule has 12 heavy (non-hydrogen) atoms. The highest BCUT2D eigenvalue weighted by atomic mass is 16.5. The molecule has 4 nitrogen and oxygen atoms in total. The minimum absolute atomic E-state index is 0.202. The van der Waals surface area contributed by atoms with Gasteiger partial charge in [0, 0.05) is 17.3 Å². The lowest BCUT2D eigenvalue weighted by Gasteiger charge is -2.14. The molecule has 1 heterocycles. The van der Waals surface area contributed by atoms with Crippen LogP contribution in [0.15, 0.2) is 23.2 Å². The maximum Gasteiger partial charge on any atom is 0.287 e. The number of aliphatic imine (C=N–C) groups is 1. The lowest BCUT2D eigenvalue weighted by molar-refractivity contribution is 0.515. The molecule has 0 spiro atoms. The van der Waals surface area contributed by atoms with Crippen LogP contribution in [0.5, 0.6) is 5.75 Å². The van der Waals surface area contributed by atoms with Crippen LogP contribution in [0.3, 0.4) is 0 Å². The van der Waals surface area contributed by atoms with Crippen molar-refractivity contribution >= 4 is 11.7 Å². The predicted molar refractivity (Wildman–Crippen MR) is 46.8 cm³/mol. The van der Waals surface area contributed by atoms with Gasteiger partial charge in [0.25, 0.3) is 6.02 Å². The van der Waals surface area contributed by atoms with Crippen molar-refractivity contribution in [2.75, 3.05) is 5.73 Å². The molecule has 0 saturated heterocycles. The van der Waals surface area contributed by atoms with Gasteiger partial charge in [-0.2, -0.15) is 0 Å². The second-order valence-corrected chi connectivity index (χ2v) is 2.62. The molecule has 62 valence electrons. The van der Waals surface area contributed by atoms with Crippen molar-refractivity contribution in [2.45, 2.75) is 6.54 Å². The predicted octanol–water partition coefficient (Wildman–Crippen LogP) is 0.476. The summed E-state index contributed by atoms with van der Waals surface area (Å²) in [5.74, 6) is 0.711. The molecule has 0 saturated carbocycles. The first kappa shape index (κ1) is 6.97. The second-order valence-electron chi connectivity index (χ2n) is 2.62. The van der Waals surface area contributed by atoms with E-state index in [1.807, 2.05) is 12.1 Å². The zero-order valence-corrected chi connectivity index (χ0v) is 6.45. The fourth-order valence-electron chi connectivity index (χ4n) is 1.10. The Morgan fingerprint density at radius 3 is 3.00 bits per heavy atom. The van der Waals surface area contributed by atoms with Crippen LogP contribution < -0.4 is 16.2 Å². The summed E-state index contributed by atoms with van der Waals surface area (Å²) in [5.41, 5.74) is 12.6. The second kappa shape index (κ2) is 2.41. The molecule has 4 heteroatoms. The molecule has 0 radical (unpaired) electrons. The molecule has 1 aromatic carbocycles. The van der Waals surface area contributed by atoms with E-state index in [0.29, 0.717) is 18.0 Å². The summed E-state index contributed by atoms with van der Waals surface area (Å²) in [7, 11) is 0. The molecule has 0 unspecified atom stereocenters. The van der Waals surface area contributed by atoms with E-state index in [1.165, 1.54) is 0 Å². The highest BCUT2D eigenvalue weighted by molar-refractivity contribution is 5.76. The van der Waals surface area contributed by atoms with Gasteiger partial charge in [-0.25, -0.2) is 4.99 Å². The molecule has 1 aliphatic heterocycles. The Hall–Kier alpha value is -1.71. The smallest absolute Gasteiger partial charge is 0.287 e. The van der Waals surface area contributed by atoms with E-state index in [0.717, 1.165) is 5.56 Å². The van der Waals surface area contributed by atoms with Crippen LogP contribution in [0.2, 0.25) is 0 Å². The summed E-state index contributed by atoms with van der Waals surface area (Å²) >= 11 is 0. The molecule has 0 aliphatic carbocycles. The van der Waals surface area contributed by atoms with E-state index in [1.54, 1.807) is 6.07 Å². The van der Waals surface area contributed by atoms with Crippen molar-refractivity contribution in [3.63, 3.8) is 0 Å². The summed E-state index contributed by atoms with van der Waals surface area (Å²) < 4.78 is 5.16. The van der Waals surface area contributed by atoms with Gasteiger partial charge in [0.1, 0.15) is 5.75 Å². The molecule has 2 rings (SSSR count). The highest BCUT2D eigenvalue weighted by Crippen LogP contribution is 2.24. The maximum atomic E-state index is 5.57. The molecule has 0 fully saturated rings. The first-order valence-electron chi connectivity index (χ1n) is 3.62. The number of rotatable bonds is 0. The zero-order chi connectivity index (χ0) is 8.55. The van der Waals surface area contributed by atoms with Crippen molar-refractivity contribution in [1.29, 1.82) is 0 Å². The van der Waals surface area contributed by atoms with E-state index in [2.05, 4.69) is 4.99 Å². The summed E-state index contributed by atoms with van der Waals surface area (Å²) in [5, 5.41) is 0. The Labute approximate surface area is 69.8 Å². The Morgan fingerprint density at radius 2 is 2.17 bits per heavy atom. The van der Waals surface area contributed by atoms with Gasteiger partial charge in [0.2, 0.25) is 0 Å². The maximum absolute atomic E-state index is 5.57. The van der Waals surface area contributed by atoms with Gasteiger partial charge in [-0.3, -0.25) is 0 Å². The third-order valence-electron chi connectivity index (χ3n) is 1.71. The first-order chi connectivity index (χ1) is 5.75. The Balaban J connectivity index is 2.43. The fourth-order valence-corrected chi connectivity index (χ4v) is 1.10. The summed E-state index contributed by atoms with van der Waals surface area (Å²) in [6, 6.07) is 5.66. The monoisotopic (exact) mass is 163 g/mol. The van der Waals surface area contributed by atoms with Crippen LogP contribution >= 0.6 is 0 Å². The van der Waals surface area contributed by atoms with Gasteiger partial charge in [0.15, 0.2) is 0 Å². The Bertz CT molecular complexity index is 346. The fraction of sp³-hybridized carbons (Fsp3) is 0.125. The molecular weight excluding hydrogens is 154 g/mol. The van der Waals surface area contributed by atoms with Crippen molar-refractivity contribution in [3.05, 3.63) is 23.8 Å². The molecular formula is C8H9N3O. The third-order valence-corrected chi connectivity index (χ3v) is 1.71. The van der Waals surface area contributed by atoms with Crippen molar-refractivity contribution < 1.29 is 4.74 Å². The largest absolute Gasteiger partial charge is 0.426 e. The SMILES string of the molecule is NC1=NCc2ccc(N)cc2O1. The molecule has 1 aromatic rings. The quantitative estimate of drug-likeness (QED) is 0.546. The molecule has 4 N–H and O–H groups in total. The van der Waals surface area contributed by atoms with Crippen LogP contribution in [0.4, 0.5) is 5.69 Å². The van der Waals surface area contributed by atoms with E-state index in [4.69, 9.17) is 16.2 Å². The molecule has 0 aromatic heterocycles. The third kappa shape index (κ3) is 1.07. The van der Waals surface area contributed by atoms with Crippen LogP contribution in [0.25, 0.3) is 0 Å². The van der Waals surface area contributed by atoms with Crippen LogP contribution in [0, 0.1) is 0 Å². The standard InChI is InChI=1S/C8H9N3O/c9-6-2-1-5-4-11-8(10)12-7(5)3-6/h1-3H,4,9H2,(H2,10,11). The van der Waals surface area contributed by atoms with Gasteiger partial charge < -0.3 is 16.2 Å². The number of ether oxygens (including phenoxy) is 1. The molecule has 1 aliphatic rings. The van der Waals surface area contributed by atoms with Gasteiger partial charge >= 0.3 is 0 Å². The number of benzene rings is 1. The van der Waals surface area contributed by atoms with Gasteiger partial charge in [-0.1, -0.05) is 6.07 Å². The number of nitrogen functional groups attached to an aromatic ring is 1. The first-order valence-corrected chi connectivity index (χ1v) is 3.62. The lowest BCUT2D eigenvalue weighted by Crippen LogP contribution is -2.23. The minimum atomic E-state index is 0.202. The van der Waals surface area contributed by atoms with Gasteiger partial charge in [0.05, 0.1) is 6.54 Å². The molecule has 0 amide bonds. The summed E-state index contributed by atoms with van der Waals surface area (Å²) in [6.45, 7) is 0.571. The van der Waals surface area contributed by atoms with Crippen LogP contribution in [-0.2, 0) is 6.54 Å². The molecule has 0 bridgehead atoms. The lowest BCUT2D eigenvalue weighted by atomic mass is 10.2. The van der Waals surface area contributed by atoms with Gasteiger partial charge in [-0.15, -0.1) is 0 Å². The minimum Gasteiger partial charge on any atom is -0.426 e. The van der Waals surface area contributed by atoms with Crippen molar-refractivity contribution in [1.82, 2.24) is 0 Å². The number of hydrogen-bond donors (Lipinski definition) is 2. The van der Waals surface area contributed by atoms with Crippen LogP contribution in [-0.4, -0.2) is 6.02 Å². The number of nitrogens with two attached hydrogens (primary N) is 2. The number of hydrogen-bond acceptors (Lipinski definition) is 4. The van der Waals surface area contributed by atoms with Crippen molar-refractivity contribution in [2.24, 2.45) is 10.7 Å². The van der Waals surface area contributed by atoms with E-state index < -0.39 is 0 Å². The summed E-state index contributed by atoms with van der Waals surface area (Å²) in [6.07, 6.45) is 0. The number of anilines is 1. The number of amidine groups is 1. The Morgan fingerprint density at radius 1 is 1.33 bits per heavy atom. The zero-order valence-electron chi connectivity index (χ0n) is 6.45. The van der Waals surface area contributed by atoms with Crippen LogP contribution in [0.1, 0.15) is 5.56 Å². The summed E-state index contributed by atoms with van der Waals surface area (Å²) in [4.78, 5) is 3.93. The van der Waals surface area contributed by atoms with Gasteiger partial charge in [-0.05, 0) is 6.07 Å². The highest BCUT2D eigenvalue weighted by Gasteiger charge is 2.10. The van der Waals surface area contributed by atoms with E-state index >= 15 is 0 Å². The normalized spacial score (nSPS) is 14.5. The van der Waals surface area contributed by atoms with Crippen molar-refractivity contribution in [3.8, 4) is 5.75 Å². The molecule has 0 atom stereocenters. The topological polar surface area (TPSA) is 73.6 Å².